The van der Waals surface area contributed by atoms with Crippen molar-refractivity contribution in [2.24, 2.45) is 0 Å². The van der Waals surface area contributed by atoms with Crippen LogP contribution < -0.4 is 10.1 Å². The number of amides is 2. The number of nitrogens with zero attached hydrogens (tertiary/aromatic N) is 2. The van der Waals surface area contributed by atoms with E-state index in [4.69, 9.17) is 4.74 Å². The first-order valence-corrected chi connectivity index (χ1v) is 9.83. The molecule has 6 nitrogen and oxygen atoms in total. The van der Waals surface area contributed by atoms with Gasteiger partial charge in [-0.3, -0.25) is 9.59 Å². The molecule has 0 aromatic heterocycles. The van der Waals surface area contributed by atoms with Crippen LogP contribution >= 0.6 is 0 Å². The lowest BCUT2D eigenvalue weighted by atomic mass is 10.0. The molecule has 2 aliphatic rings. The fourth-order valence-corrected chi connectivity index (χ4v) is 3.87. The number of rotatable bonds is 4. The van der Waals surface area contributed by atoms with Gasteiger partial charge < -0.3 is 19.9 Å². The first-order valence-electron chi connectivity index (χ1n) is 9.83. The van der Waals surface area contributed by atoms with Crippen LogP contribution in [0.3, 0.4) is 0 Å². The maximum Gasteiger partial charge on any atom is 0.253 e. The molecule has 2 fully saturated rings. The number of likely N-dealkylation sites (tertiary alicyclic amines) is 1. The number of carbonyl (C=O) groups excluding carboxylic acids is 2. The molecule has 28 heavy (non-hydrogen) atoms. The smallest absolute Gasteiger partial charge is 0.253 e. The molecule has 1 atom stereocenters. The molecule has 1 N–H and O–H groups in total. The van der Waals surface area contributed by atoms with Gasteiger partial charge in [0.2, 0.25) is 5.91 Å². The molecular formula is C22H25N3O3. The van der Waals surface area contributed by atoms with Crippen molar-refractivity contribution in [1.82, 2.24) is 15.1 Å². The number of nitrogens with one attached hydrogen (secondary N) is 1. The van der Waals surface area contributed by atoms with Crippen LogP contribution in [0.2, 0.25) is 0 Å². The van der Waals surface area contributed by atoms with Crippen LogP contribution in [-0.4, -0.2) is 60.4 Å². The van der Waals surface area contributed by atoms with E-state index in [2.05, 4.69) is 5.32 Å². The molecule has 4 rings (SSSR count). The zero-order chi connectivity index (χ0) is 19.3. The van der Waals surface area contributed by atoms with Crippen molar-refractivity contribution in [3.05, 3.63) is 60.2 Å². The van der Waals surface area contributed by atoms with Gasteiger partial charge >= 0.3 is 0 Å². The molecular weight excluding hydrogens is 354 g/mol. The Morgan fingerprint density at radius 2 is 1.75 bits per heavy atom. The minimum atomic E-state index is 0.0125. The zero-order valence-corrected chi connectivity index (χ0v) is 15.8. The predicted molar refractivity (Wildman–Crippen MR) is 106 cm³/mol. The third kappa shape index (κ3) is 4.17. The zero-order valence-electron chi connectivity index (χ0n) is 15.8. The summed E-state index contributed by atoms with van der Waals surface area (Å²) in [6.45, 7) is 3.27. The van der Waals surface area contributed by atoms with Crippen LogP contribution in [0.25, 0.3) is 0 Å². The molecule has 2 saturated heterocycles. The Hall–Kier alpha value is -2.86. The summed E-state index contributed by atoms with van der Waals surface area (Å²) in [5.41, 5.74) is 0.646. The Bertz CT molecular complexity index is 823. The highest BCUT2D eigenvalue weighted by atomic mass is 16.5. The highest BCUT2D eigenvalue weighted by molar-refractivity contribution is 5.94. The molecule has 0 radical (unpaired) electrons. The normalized spacial score (nSPS) is 20.1. The van der Waals surface area contributed by atoms with E-state index in [9.17, 15) is 9.59 Å². The second-order valence-electron chi connectivity index (χ2n) is 7.25. The van der Waals surface area contributed by atoms with Crippen molar-refractivity contribution in [2.75, 3.05) is 32.7 Å². The predicted octanol–water partition coefficient (Wildman–Crippen LogP) is 2.52. The molecule has 2 amide bonds. The molecule has 6 heteroatoms. The summed E-state index contributed by atoms with van der Waals surface area (Å²) in [7, 11) is 0. The van der Waals surface area contributed by atoms with Crippen LogP contribution in [0.15, 0.2) is 54.6 Å². The number of piperidine rings is 1. The Balaban J connectivity index is 1.40. The topological polar surface area (TPSA) is 61.9 Å². The number of carbonyl (C=O) groups is 2. The maximum absolute atomic E-state index is 12.9. The summed E-state index contributed by atoms with van der Waals surface area (Å²) in [5.74, 6) is 1.61. The van der Waals surface area contributed by atoms with E-state index in [0.29, 0.717) is 24.4 Å². The Morgan fingerprint density at radius 1 is 1.00 bits per heavy atom. The molecule has 1 unspecified atom stereocenters. The summed E-state index contributed by atoms with van der Waals surface area (Å²) in [5, 5.41) is 3.10. The van der Waals surface area contributed by atoms with Gasteiger partial charge in [-0.2, -0.15) is 0 Å². The fourth-order valence-electron chi connectivity index (χ4n) is 3.87. The van der Waals surface area contributed by atoms with Gasteiger partial charge in [0.25, 0.3) is 5.91 Å². The van der Waals surface area contributed by atoms with Gasteiger partial charge in [0.15, 0.2) is 0 Å². The van der Waals surface area contributed by atoms with Gasteiger partial charge in [0.05, 0.1) is 6.54 Å². The van der Waals surface area contributed by atoms with Gasteiger partial charge in [0.1, 0.15) is 11.5 Å². The van der Waals surface area contributed by atoms with Crippen LogP contribution in [0, 0.1) is 0 Å². The fraction of sp³-hybridized carbons (Fsp3) is 0.364. The third-order valence-corrected chi connectivity index (χ3v) is 5.33. The van der Waals surface area contributed by atoms with Crippen LogP contribution in [0.1, 0.15) is 23.2 Å². The van der Waals surface area contributed by atoms with Crippen LogP contribution in [-0.2, 0) is 4.79 Å². The lowest BCUT2D eigenvalue weighted by Gasteiger charge is -2.41. The highest BCUT2D eigenvalue weighted by Gasteiger charge is 2.31. The summed E-state index contributed by atoms with van der Waals surface area (Å²) in [6.07, 6.45) is 1.88. The third-order valence-electron chi connectivity index (χ3n) is 5.33. The second-order valence-corrected chi connectivity index (χ2v) is 7.25. The Morgan fingerprint density at radius 3 is 2.50 bits per heavy atom. The van der Waals surface area contributed by atoms with Gasteiger partial charge in [-0.15, -0.1) is 0 Å². The first kappa shape index (κ1) is 18.5. The molecule has 0 aliphatic carbocycles. The monoisotopic (exact) mass is 379 g/mol. The molecule has 2 aromatic rings. The van der Waals surface area contributed by atoms with Gasteiger partial charge in [0, 0.05) is 37.8 Å². The van der Waals surface area contributed by atoms with Gasteiger partial charge in [-0.05, 0) is 49.2 Å². The second kappa shape index (κ2) is 8.44. The Kier molecular flexibility index (Phi) is 5.58. The lowest BCUT2D eigenvalue weighted by Crippen LogP contribution is -2.57. The summed E-state index contributed by atoms with van der Waals surface area (Å²) < 4.78 is 5.79. The molecule has 2 aliphatic heterocycles. The minimum absolute atomic E-state index is 0.0125. The Labute approximate surface area is 165 Å². The van der Waals surface area contributed by atoms with E-state index in [0.717, 1.165) is 38.2 Å². The quantitative estimate of drug-likeness (QED) is 0.887. The number of ether oxygens (including phenoxy) is 1. The summed E-state index contributed by atoms with van der Waals surface area (Å²) in [4.78, 5) is 28.9. The van der Waals surface area contributed by atoms with E-state index < -0.39 is 0 Å². The van der Waals surface area contributed by atoms with Crippen molar-refractivity contribution >= 4 is 11.8 Å². The van der Waals surface area contributed by atoms with Crippen LogP contribution in [0.4, 0.5) is 0 Å². The van der Waals surface area contributed by atoms with Crippen molar-refractivity contribution < 1.29 is 14.3 Å². The molecule has 146 valence electrons. The van der Waals surface area contributed by atoms with Crippen LogP contribution in [0.5, 0.6) is 11.5 Å². The molecule has 2 aromatic carbocycles. The van der Waals surface area contributed by atoms with E-state index in [1.807, 2.05) is 52.3 Å². The lowest BCUT2D eigenvalue weighted by molar-refractivity contribution is -0.135. The van der Waals surface area contributed by atoms with E-state index in [1.165, 1.54) is 0 Å². The van der Waals surface area contributed by atoms with Gasteiger partial charge in [-0.25, -0.2) is 0 Å². The average Bonchev–Trinajstić information content (AvgIpc) is 2.75. The number of hydrogen-bond donors (Lipinski definition) is 1. The standard InChI is InChI=1S/C22H25N3O3/c26-21-15-23-12-14-25(21)18-5-4-13-24(16-18)22(27)17-8-10-20(11-9-17)28-19-6-2-1-3-7-19/h1-3,6-11,18,23H,4-5,12-16H2. The molecule has 0 saturated carbocycles. The SMILES string of the molecule is O=C(c1ccc(Oc2ccccc2)cc1)N1CCCC(N2CCNCC2=O)C1. The first-order chi connectivity index (χ1) is 13.7. The minimum Gasteiger partial charge on any atom is -0.457 e. The maximum atomic E-state index is 12.9. The van der Waals surface area contributed by atoms with Crippen molar-refractivity contribution in [3.63, 3.8) is 0 Å². The number of hydrogen-bond acceptors (Lipinski definition) is 4. The number of piperazine rings is 1. The summed E-state index contributed by atoms with van der Waals surface area (Å²) in [6, 6.07) is 16.9. The number of para-hydroxylation sites is 1. The largest absolute Gasteiger partial charge is 0.457 e. The van der Waals surface area contributed by atoms with Crippen molar-refractivity contribution in [3.8, 4) is 11.5 Å². The molecule has 0 bridgehead atoms. The average molecular weight is 379 g/mol. The van der Waals surface area contributed by atoms with Crippen molar-refractivity contribution in [2.45, 2.75) is 18.9 Å². The molecule has 0 spiro atoms. The molecule has 2 heterocycles. The van der Waals surface area contributed by atoms with E-state index in [-0.39, 0.29) is 17.9 Å². The van der Waals surface area contributed by atoms with E-state index >= 15 is 0 Å². The van der Waals surface area contributed by atoms with Gasteiger partial charge in [-0.1, -0.05) is 18.2 Å². The van der Waals surface area contributed by atoms with E-state index in [1.54, 1.807) is 12.1 Å². The van der Waals surface area contributed by atoms with Crippen molar-refractivity contribution in [1.29, 1.82) is 0 Å². The number of benzene rings is 2. The highest BCUT2D eigenvalue weighted by Crippen LogP contribution is 2.23. The summed E-state index contributed by atoms with van der Waals surface area (Å²) >= 11 is 0.